The number of fused-ring (bicyclic) bond motifs is 1. The van der Waals surface area contributed by atoms with Crippen LogP contribution in [0, 0.1) is 0 Å². The largest absolute Gasteiger partial charge is 0.497 e. The molecule has 0 radical (unpaired) electrons. The zero-order chi connectivity index (χ0) is 24.3. The highest BCUT2D eigenvalue weighted by Crippen LogP contribution is 2.36. The molecule has 1 amide bonds. The van der Waals surface area contributed by atoms with Gasteiger partial charge in [0.1, 0.15) is 5.75 Å². The summed E-state index contributed by atoms with van der Waals surface area (Å²) < 4.78 is 44.3. The second kappa shape index (κ2) is 9.52. The van der Waals surface area contributed by atoms with Gasteiger partial charge < -0.3 is 15.2 Å². The van der Waals surface area contributed by atoms with Crippen LogP contribution in [0.15, 0.2) is 79.0 Å². The molecule has 0 spiro atoms. The van der Waals surface area contributed by atoms with Crippen LogP contribution < -0.4 is 10.1 Å². The van der Waals surface area contributed by atoms with Gasteiger partial charge in [0, 0.05) is 11.8 Å². The summed E-state index contributed by atoms with van der Waals surface area (Å²) in [7, 11) is 1.49. The summed E-state index contributed by atoms with van der Waals surface area (Å²) in [5.74, 6) is 0.104. The van der Waals surface area contributed by atoms with Gasteiger partial charge in [-0.25, -0.2) is 0 Å². The van der Waals surface area contributed by atoms with Gasteiger partial charge in [0.05, 0.1) is 31.0 Å². The van der Waals surface area contributed by atoms with Crippen molar-refractivity contribution in [2.24, 2.45) is 0 Å². The van der Waals surface area contributed by atoms with Crippen molar-refractivity contribution in [3.8, 4) is 16.9 Å². The SMILES string of the molecule is COc1cc(-c2ccc(C(F)(F)F)cc2)c2ccc(C(=O)NC(CO)c3ccccn3)cc2c1. The Labute approximate surface area is 193 Å². The van der Waals surface area contributed by atoms with Gasteiger partial charge in [0.25, 0.3) is 5.91 Å². The zero-order valence-corrected chi connectivity index (χ0v) is 18.1. The first-order chi connectivity index (χ1) is 16.3. The third-order valence-corrected chi connectivity index (χ3v) is 5.48. The molecule has 0 fully saturated rings. The lowest BCUT2D eigenvalue weighted by Gasteiger charge is -2.16. The van der Waals surface area contributed by atoms with Crippen LogP contribution in [0.25, 0.3) is 21.9 Å². The summed E-state index contributed by atoms with van der Waals surface area (Å²) in [6.45, 7) is -0.317. The van der Waals surface area contributed by atoms with Gasteiger partial charge in [-0.2, -0.15) is 13.2 Å². The van der Waals surface area contributed by atoms with E-state index in [0.717, 1.165) is 17.5 Å². The van der Waals surface area contributed by atoms with Gasteiger partial charge >= 0.3 is 6.18 Å². The Hall–Kier alpha value is -3.91. The van der Waals surface area contributed by atoms with Crippen LogP contribution in [0.4, 0.5) is 13.2 Å². The van der Waals surface area contributed by atoms with Crippen LogP contribution in [-0.2, 0) is 6.18 Å². The number of halogens is 3. The molecule has 0 aliphatic carbocycles. The number of aromatic nitrogens is 1. The predicted octanol–water partition coefficient (Wildman–Crippen LogP) is 5.39. The fourth-order valence-corrected chi connectivity index (χ4v) is 3.72. The molecular weight excluding hydrogens is 445 g/mol. The maximum atomic E-state index is 13.0. The lowest BCUT2D eigenvalue weighted by Crippen LogP contribution is -2.31. The molecule has 5 nitrogen and oxygen atoms in total. The molecule has 34 heavy (non-hydrogen) atoms. The number of rotatable bonds is 6. The van der Waals surface area contributed by atoms with E-state index in [1.165, 1.54) is 19.2 Å². The van der Waals surface area contributed by atoms with Gasteiger partial charge in [0.15, 0.2) is 0 Å². The number of alkyl halides is 3. The van der Waals surface area contributed by atoms with Crippen molar-refractivity contribution in [2.75, 3.05) is 13.7 Å². The molecule has 3 aromatic carbocycles. The summed E-state index contributed by atoms with van der Waals surface area (Å²) in [5, 5.41) is 13.9. The molecule has 0 aliphatic rings. The van der Waals surface area contributed by atoms with E-state index in [0.29, 0.717) is 33.5 Å². The minimum absolute atomic E-state index is 0.317. The van der Waals surface area contributed by atoms with Crippen LogP contribution >= 0.6 is 0 Å². The highest BCUT2D eigenvalue weighted by Gasteiger charge is 2.30. The summed E-state index contributed by atoms with van der Waals surface area (Å²) in [5.41, 5.74) is 1.43. The monoisotopic (exact) mass is 466 g/mol. The van der Waals surface area contributed by atoms with E-state index in [1.54, 1.807) is 54.7 Å². The van der Waals surface area contributed by atoms with Crippen LogP contribution in [0.2, 0.25) is 0 Å². The molecule has 0 saturated heterocycles. The number of amides is 1. The van der Waals surface area contributed by atoms with Crippen LogP contribution in [0.5, 0.6) is 5.75 Å². The molecule has 1 atom stereocenters. The van der Waals surface area contributed by atoms with Crippen molar-refractivity contribution < 1.29 is 27.8 Å². The average Bonchev–Trinajstić information content (AvgIpc) is 2.86. The zero-order valence-electron chi connectivity index (χ0n) is 18.1. The number of hydrogen-bond acceptors (Lipinski definition) is 4. The van der Waals surface area contributed by atoms with E-state index in [-0.39, 0.29) is 6.61 Å². The second-order valence-electron chi connectivity index (χ2n) is 7.65. The number of nitrogens with one attached hydrogen (secondary N) is 1. The Kier molecular flexibility index (Phi) is 6.51. The average molecular weight is 466 g/mol. The first-order valence-electron chi connectivity index (χ1n) is 10.4. The number of benzene rings is 3. The number of ether oxygens (including phenoxy) is 1. The standard InChI is InChI=1S/C26H21F3N2O3/c1-34-20-13-18-12-17(25(33)31-24(15-32)23-4-2-3-11-30-23)7-10-21(18)22(14-20)16-5-8-19(9-6-16)26(27,28)29/h2-14,24,32H,15H2,1H3,(H,31,33). The predicted molar refractivity (Wildman–Crippen MR) is 122 cm³/mol. The number of aliphatic hydroxyl groups excluding tert-OH is 1. The number of aliphatic hydroxyl groups is 1. The Morgan fingerprint density at radius 3 is 2.44 bits per heavy atom. The second-order valence-corrected chi connectivity index (χ2v) is 7.65. The molecule has 174 valence electrons. The van der Waals surface area contributed by atoms with E-state index in [2.05, 4.69) is 10.3 Å². The van der Waals surface area contributed by atoms with Gasteiger partial charge in [-0.15, -0.1) is 0 Å². The van der Waals surface area contributed by atoms with Gasteiger partial charge in [-0.05, 0) is 70.4 Å². The lowest BCUT2D eigenvalue weighted by molar-refractivity contribution is -0.137. The Bertz CT molecular complexity index is 1310. The number of methoxy groups -OCH3 is 1. The molecular formula is C26H21F3N2O3. The van der Waals surface area contributed by atoms with E-state index in [1.807, 2.05) is 0 Å². The first kappa shape index (κ1) is 23.3. The molecule has 8 heteroatoms. The molecule has 1 unspecified atom stereocenters. The third-order valence-electron chi connectivity index (χ3n) is 5.48. The van der Waals surface area contributed by atoms with Gasteiger partial charge in [0.2, 0.25) is 0 Å². The fraction of sp³-hybridized carbons (Fsp3) is 0.154. The van der Waals surface area contributed by atoms with Gasteiger partial charge in [-0.3, -0.25) is 9.78 Å². The molecule has 0 bridgehead atoms. The number of hydrogen-bond donors (Lipinski definition) is 2. The minimum atomic E-state index is -4.42. The van der Waals surface area contributed by atoms with Crippen LogP contribution in [0.3, 0.4) is 0 Å². The van der Waals surface area contributed by atoms with Crippen LogP contribution in [-0.4, -0.2) is 29.7 Å². The van der Waals surface area contributed by atoms with Crippen LogP contribution in [0.1, 0.15) is 27.7 Å². The highest BCUT2D eigenvalue weighted by atomic mass is 19.4. The summed E-state index contributed by atoms with van der Waals surface area (Å²) in [6, 6.07) is 18.0. The van der Waals surface area contributed by atoms with E-state index in [4.69, 9.17) is 4.74 Å². The van der Waals surface area contributed by atoms with Crippen molar-refractivity contribution in [1.29, 1.82) is 0 Å². The van der Waals surface area contributed by atoms with E-state index in [9.17, 15) is 23.1 Å². The quantitative estimate of drug-likeness (QED) is 0.400. The van der Waals surface area contributed by atoms with Crippen molar-refractivity contribution in [3.05, 3.63) is 95.8 Å². The molecule has 1 heterocycles. The van der Waals surface area contributed by atoms with Crippen molar-refractivity contribution in [3.63, 3.8) is 0 Å². The molecule has 0 saturated carbocycles. The summed E-state index contributed by atoms with van der Waals surface area (Å²) in [6.07, 6.45) is -2.84. The smallest absolute Gasteiger partial charge is 0.416 e. The molecule has 0 aliphatic heterocycles. The van der Waals surface area contributed by atoms with Gasteiger partial charge in [-0.1, -0.05) is 24.3 Å². The molecule has 4 aromatic rings. The first-order valence-corrected chi connectivity index (χ1v) is 10.4. The van der Waals surface area contributed by atoms with Crippen molar-refractivity contribution in [1.82, 2.24) is 10.3 Å². The molecule has 4 rings (SSSR count). The van der Waals surface area contributed by atoms with E-state index < -0.39 is 23.7 Å². The Morgan fingerprint density at radius 1 is 1.06 bits per heavy atom. The Morgan fingerprint density at radius 2 is 1.82 bits per heavy atom. The number of carbonyl (C=O) groups is 1. The Balaban J connectivity index is 1.69. The highest BCUT2D eigenvalue weighted by molar-refractivity contribution is 6.03. The number of nitrogens with zero attached hydrogens (tertiary/aromatic N) is 1. The van der Waals surface area contributed by atoms with Crippen molar-refractivity contribution in [2.45, 2.75) is 12.2 Å². The maximum absolute atomic E-state index is 13.0. The maximum Gasteiger partial charge on any atom is 0.416 e. The summed E-state index contributed by atoms with van der Waals surface area (Å²) in [4.78, 5) is 17.1. The molecule has 2 N–H and O–H groups in total. The topological polar surface area (TPSA) is 71.5 Å². The number of carbonyl (C=O) groups excluding carboxylic acids is 1. The normalized spacial score (nSPS) is 12.4. The third kappa shape index (κ3) is 4.87. The summed E-state index contributed by atoms with van der Waals surface area (Å²) >= 11 is 0. The van der Waals surface area contributed by atoms with E-state index >= 15 is 0 Å². The van der Waals surface area contributed by atoms with Crippen molar-refractivity contribution >= 4 is 16.7 Å². The fourth-order valence-electron chi connectivity index (χ4n) is 3.72. The lowest BCUT2D eigenvalue weighted by atomic mass is 9.95. The number of pyridine rings is 1. The molecule has 1 aromatic heterocycles. The minimum Gasteiger partial charge on any atom is -0.497 e.